The van der Waals surface area contributed by atoms with E-state index in [-0.39, 0.29) is 39.5 Å². The smallest absolute Gasteiger partial charge is 0.420 e. The van der Waals surface area contributed by atoms with Gasteiger partial charge in [0.2, 0.25) is 0 Å². The van der Waals surface area contributed by atoms with Crippen molar-refractivity contribution in [1.82, 2.24) is 15.2 Å². The maximum atomic E-state index is 13.2. The summed E-state index contributed by atoms with van der Waals surface area (Å²) in [5.74, 6) is -0.234. The molecule has 204 valence electrons. The van der Waals surface area contributed by atoms with Crippen molar-refractivity contribution in [2.75, 3.05) is 51.4 Å². The Kier molecular flexibility index (Phi) is 10.1. The van der Waals surface area contributed by atoms with Crippen LogP contribution >= 0.6 is 23.2 Å². The largest absolute Gasteiger partial charge is 0.496 e. The molecule has 37 heavy (non-hydrogen) atoms. The van der Waals surface area contributed by atoms with Gasteiger partial charge in [-0.25, -0.2) is 4.98 Å². The number of halogens is 5. The number of likely N-dealkylation sites (tertiary alicyclic amines) is 1. The van der Waals surface area contributed by atoms with E-state index in [2.05, 4.69) is 20.5 Å². The van der Waals surface area contributed by atoms with Gasteiger partial charge in [-0.3, -0.25) is 4.79 Å². The number of nitrogen functional groups attached to an aromatic ring is 1. The molecule has 0 bridgehead atoms. The number of piperidine rings is 1. The van der Waals surface area contributed by atoms with Crippen LogP contribution in [0, 0.1) is 0 Å². The number of unbranched alkanes of at least 4 members (excludes halogenated alkanes) is 1. The summed E-state index contributed by atoms with van der Waals surface area (Å²) in [5.41, 5.74) is 5.52. The molecular formula is C24H30Cl2F3N5O3. The predicted octanol–water partition coefficient (Wildman–Crippen LogP) is 4.71. The molecule has 13 heteroatoms. The first-order valence-electron chi connectivity index (χ1n) is 11.7. The maximum Gasteiger partial charge on any atom is 0.420 e. The van der Waals surface area contributed by atoms with Crippen molar-refractivity contribution in [3.8, 4) is 5.75 Å². The first-order chi connectivity index (χ1) is 17.5. The molecule has 3 rings (SSSR count). The van der Waals surface area contributed by atoms with Crippen LogP contribution in [-0.4, -0.2) is 68.3 Å². The number of carbonyl (C=O) groups is 1. The number of benzene rings is 1. The lowest BCUT2D eigenvalue weighted by Crippen LogP contribution is -2.54. The van der Waals surface area contributed by atoms with Gasteiger partial charge in [0.25, 0.3) is 5.91 Å². The molecule has 0 radical (unpaired) electrons. The average molecular weight is 564 g/mol. The number of nitrogens with one attached hydrogen (secondary N) is 2. The molecule has 1 aliphatic rings. The number of nitrogens with two attached hydrogens (primary N) is 1. The maximum absolute atomic E-state index is 13.2. The standard InChI is InChI=1S/C24H30Cl2F3N5O3/c1-36-20-11-18(30)17(26)10-15(20)23(35)33-19-5-8-34(13-21(19)37-2)7-4-3-6-31-22-16(24(27,28)29)9-14(25)12-32-22/h9-12,19,21H,3-8,13,30H2,1-2H3,(H,31,32)(H,33,35)/t19-,21+/m0/s1. The summed E-state index contributed by atoms with van der Waals surface area (Å²) in [6.07, 6.45) is -1.52. The Morgan fingerprint density at radius 1 is 1.24 bits per heavy atom. The van der Waals surface area contributed by atoms with Gasteiger partial charge in [0.05, 0.1) is 46.1 Å². The molecule has 1 saturated heterocycles. The number of hydrogen-bond donors (Lipinski definition) is 3. The highest BCUT2D eigenvalue weighted by molar-refractivity contribution is 6.33. The van der Waals surface area contributed by atoms with Gasteiger partial charge in [0, 0.05) is 39.0 Å². The summed E-state index contributed by atoms with van der Waals surface area (Å²) in [6, 6.07) is 3.64. The van der Waals surface area contributed by atoms with Gasteiger partial charge < -0.3 is 30.7 Å². The number of ether oxygens (including phenoxy) is 2. The zero-order valence-corrected chi connectivity index (χ0v) is 22.0. The van der Waals surface area contributed by atoms with E-state index in [1.807, 2.05) is 0 Å². The Morgan fingerprint density at radius 3 is 2.68 bits per heavy atom. The third-order valence-corrected chi connectivity index (χ3v) is 6.71. The minimum absolute atomic E-state index is 0.0680. The molecule has 0 spiro atoms. The minimum Gasteiger partial charge on any atom is -0.496 e. The summed E-state index contributed by atoms with van der Waals surface area (Å²) < 4.78 is 50.5. The first-order valence-corrected chi connectivity index (χ1v) is 12.4. The van der Waals surface area contributed by atoms with Crippen LogP contribution in [0.25, 0.3) is 0 Å². The fraction of sp³-hybridized carbons (Fsp3) is 0.500. The van der Waals surface area contributed by atoms with Gasteiger partial charge in [-0.15, -0.1) is 0 Å². The zero-order valence-electron chi connectivity index (χ0n) is 20.5. The first kappa shape index (κ1) is 29.1. The molecule has 2 heterocycles. The van der Waals surface area contributed by atoms with Gasteiger partial charge in [-0.2, -0.15) is 13.2 Å². The van der Waals surface area contributed by atoms with Gasteiger partial charge in [-0.05, 0) is 37.9 Å². The number of carbonyl (C=O) groups excluding carboxylic acids is 1. The van der Waals surface area contributed by atoms with Crippen LogP contribution in [0.4, 0.5) is 24.7 Å². The number of aromatic nitrogens is 1. The highest BCUT2D eigenvalue weighted by Gasteiger charge is 2.35. The van der Waals surface area contributed by atoms with Crippen molar-refractivity contribution in [2.45, 2.75) is 37.6 Å². The van der Waals surface area contributed by atoms with E-state index in [1.54, 1.807) is 7.11 Å². The summed E-state index contributed by atoms with van der Waals surface area (Å²) in [4.78, 5) is 18.9. The second kappa shape index (κ2) is 12.9. The van der Waals surface area contributed by atoms with Crippen molar-refractivity contribution < 1.29 is 27.4 Å². The van der Waals surface area contributed by atoms with E-state index >= 15 is 0 Å². The molecule has 1 aromatic heterocycles. The van der Waals surface area contributed by atoms with Crippen LogP contribution in [0.5, 0.6) is 5.75 Å². The highest BCUT2D eigenvalue weighted by atomic mass is 35.5. The van der Waals surface area contributed by atoms with E-state index < -0.39 is 11.7 Å². The molecule has 1 aromatic carbocycles. The second-order valence-electron chi connectivity index (χ2n) is 8.70. The molecule has 1 aliphatic heterocycles. The zero-order chi connectivity index (χ0) is 27.2. The highest BCUT2D eigenvalue weighted by Crippen LogP contribution is 2.35. The summed E-state index contributed by atoms with van der Waals surface area (Å²) in [5, 5.41) is 5.96. The monoisotopic (exact) mass is 563 g/mol. The Bertz CT molecular complexity index is 1090. The SMILES string of the molecule is COc1cc(N)c(Cl)cc1C(=O)N[C@H]1CCN(CCCCNc2ncc(Cl)cc2C(F)(F)F)C[C@H]1OC. The van der Waals surface area contributed by atoms with Crippen LogP contribution in [0.2, 0.25) is 10.0 Å². The fourth-order valence-corrected chi connectivity index (χ4v) is 4.53. The molecule has 0 unspecified atom stereocenters. The van der Waals surface area contributed by atoms with Crippen LogP contribution in [-0.2, 0) is 10.9 Å². The summed E-state index contributed by atoms with van der Waals surface area (Å²) >= 11 is 11.8. The molecule has 0 saturated carbocycles. The fourth-order valence-electron chi connectivity index (χ4n) is 4.21. The van der Waals surface area contributed by atoms with Crippen molar-refractivity contribution in [2.24, 2.45) is 0 Å². The Balaban J connectivity index is 1.47. The molecule has 8 nitrogen and oxygen atoms in total. The van der Waals surface area contributed by atoms with Crippen molar-refractivity contribution in [1.29, 1.82) is 0 Å². The number of methoxy groups -OCH3 is 2. The number of nitrogens with zero attached hydrogens (tertiary/aromatic N) is 2. The molecule has 4 N–H and O–H groups in total. The van der Waals surface area contributed by atoms with E-state index in [4.69, 9.17) is 38.4 Å². The molecule has 2 aromatic rings. The predicted molar refractivity (Wildman–Crippen MR) is 137 cm³/mol. The third-order valence-electron chi connectivity index (χ3n) is 6.18. The summed E-state index contributed by atoms with van der Waals surface area (Å²) in [7, 11) is 3.04. The van der Waals surface area contributed by atoms with Crippen LogP contribution in [0.3, 0.4) is 0 Å². The van der Waals surface area contributed by atoms with Gasteiger partial charge in [0.15, 0.2) is 0 Å². The topological polar surface area (TPSA) is 102 Å². The number of hydrogen-bond acceptors (Lipinski definition) is 7. The lowest BCUT2D eigenvalue weighted by Gasteiger charge is -2.38. The van der Waals surface area contributed by atoms with E-state index in [1.165, 1.54) is 25.4 Å². The Hall–Kier alpha value is -2.47. The van der Waals surface area contributed by atoms with Crippen molar-refractivity contribution in [3.63, 3.8) is 0 Å². The lowest BCUT2D eigenvalue weighted by molar-refractivity contribution is -0.137. The number of amides is 1. The van der Waals surface area contributed by atoms with E-state index in [0.717, 1.165) is 25.6 Å². The minimum atomic E-state index is -4.54. The molecular weight excluding hydrogens is 534 g/mol. The molecule has 1 amide bonds. The lowest BCUT2D eigenvalue weighted by atomic mass is 10.0. The Labute approximate surface area is 223 Å². The average Bonchev–Trinajstić information content (AvgIpc) is 2.85. The van der Waals surface area contributed by atoms with Gasteiger partial charge in [0.1, 0.15) is 11.6 Å². The van der Waals surface area contributed by atoms with E-state index in [9.17, 15) is 18.0 Å². The van der Waals surface area contributed by atoms with Crippen LogP contribution in [0.1, 0.15) is 35.2 Å². The van der Waals surface area contributed by atoms with Crippen LogP contribution in [0.15, 0.2) is 24.4 Å². The van der Waals surface area contributed by atoms with Gasteiger partial charge >= 0.3 is 6.18 Å². The third kappa shape index (κ3) is 7.76. The number of pyridine rings is 1. The van der Waals surface area contributed by atoms with E-state index in [0.29, 0.717) is 37.4 Å². The quantitative estimate of drug-likeness (QED) is 0.284. The van der Waals surface area contributed by atoms with Crippen molar-refractivity contribution in [3.05, 3.63) is 45.6 Å². The summed E-state index contributed by atoms with van der Waals surface area (Å²) in [6.45, 7) is 2.41. The van der Waals surface area contributed by atoms with Crippen LogP contribution < -0.4 is 21.1 Å². The normalized spacial score (nSPS) is 18.5. The van der Waals surface area contributed by atoms with Gasteiger partial charge in [-0.1, -0.05) is 23.2 Å². The molecule has 2 atom stereocenters. The number of rotatable bonds is 10. The van der Waals surface area contributed by atoms with Crippen molar-refractivity contribution >= 4 is 40.6 Å². The number of alkyl halides is 3. The Morgan fingerprint density at radius 2 is 2.00 bits per heavy atom. The second-order valence-corrected chi connectivity index (χ2v) is 9.54. The number of anilines is 2. The molecule has 1 fully saturated rings. The molecule has 0 aliphatic carbocycles.